The van der Waals surface area contributed by atoms with E-state index in [-0.39, 0.29) is 6.03 Å². The summed E-state index contributed by atoms with van der Waals surface area (Å²) in [7, 11) is 0. The number of urea groups is 1. The highest BCUT2D eigenvalue weighted by molar-refractivity contribution is 5.91. The summed E-state index contributed by atoms with van der Waals surface area (Å²) in [4.78, 5) is 14.6. The van der Waals surface area contributed by atoms with E-state index in [1.54, 1.807) is 0 Å². The second-order valence-corrected chi connectivity index (χ2v) is 7.07. The molecule has 0 radical (unpaired) electrons. The number of amides is 2. The van der Waals surface area contributed by atoms with Gasteiger partial charge in [-0.15, -0.1) is 0 Å². The van der Waals surface area contributed by atoms with Crippen LogP contribution in [-0.4, -0.2) is 30.1 Å². The summed E-state index contributed by atoms with van der Waals surface area (Å²) in [5, 5.41) is 6.65. The first-order valence-electron chi connectivity index (χ1n) is 9.01. The number of carbonyl (C=O) groups is 1. The molecule has 2 aromatic carbocycles. The second kappa shape index (κ2) is 7.60. The molecule has 1 fully saturated rings. The number of para-hydroxylation sites is 2. The van der Waals surface area contributed by atoms with Crippen molar-refractivity contribution in [2.75, 3.05) is 23.7 Å². The molecule has 1 atom stereocenters. The van der Waals surface area contributed by atoms with Crippen molar-refractivity contribution in [3.8, 4) is 0 Å². The van der Waals surface area contributed by atoms with E-state index in [0.29, 0.717) is 12.0 Å². The van der Waals surface area contributed by atoms with Crippen LogP contribution in [0.1, 0.15) is 37.3 Å². The lowest BCUT2D eigenvalue weighted by molar-refractivity contribution is 0.222. The van der Waals surface area contributed by atoms with Crippen LogP contribution in [0, 0.1) is 6.92 Å². The summed E-state index contributed by atoms with van der Waals surface area (Å²) in [5.74, 6) is 0.376. The van der Waals surface area contributed by atoms with Gasteiger partial charge in [-0.25, -0.2) is 4.79 Å². The molecule has 1 aliphatic heterocycles. The summed E-state index contributed by atoms with van der Waals surface area (Å²) in [6, 6.07) is 16.7. The van der Waals surface area contributed by atoms with Gasteiger partial charge in [0.25, 0.3) is 0 Å². The van der Waals surface area contributed by atoms with Crippen LogP contribution >= 0.6 is 0 Å². The molecule has 1 unspecified atom stereocenters. The van der Waals surface area contributed by atoms with Crippen molar-refractivity contribution >= 4 is 17.4 Å². The van der Waals surface area contributed by atoms with Crippen molar-refractivity contribution in [3.63, 3.8) is 0 Å². The van der Waals surface area contributed by atoms with Gasteiger partial charge in [0.15, 0.2) is 0 Å². The number of benzene rings is 2. The Labute approximate surface area is 150 Å². The van der Waals surface area contributed by atoms with Crippen LogP contribution in [0.15, 0.2) is 48.5 Å². The molecule has 2 amide bonds. The van der Waals surface area contributed by atoms with Gasteiger partial charge < -0.3 is 15.5 Å². The third-order valence-corrected chi connectivity index (χ3v) is 4.78. The van der Waals surface area contributed by atoms with Gasteiger partial charge in [0.05, 0.1) is 0 Å². The molecule has 132 valence electrons. The molecule has 1 aliphatic rings. The van der Waals surface area contributed by atoms with Crippen molar-refractivity contribution in [1.82, 2.24) is 4.90 Å². The summed E-state index contributed by atoms with van der Waals surface area (Å²) in [5.41, 5.74) is 4.36. The van der Waals surface area contributed by atoms with Crippen molar-refractivity contribution in [1.29, 1.82) is 0 Å². The Hall–Kier alpha value is -2.49. The van der Waals surface area contributed by atoms with E-state index < -0.39 is 0 Å². The number of rotatable bonds is 4. The summed E-state index contributed by atoms with van der Waals surface area (Å²) in [6.07, 6.45) is 0.965. The quantitative estimate of drug-likeness (QED) is 0.839. The van der Waals surface area contributed by atoms with Crippen molar-refractivity contribution in [2.24, 2.45) is 0 Å². The molecule has 0 spiro atoms. The zero-order valence-electron chi connectivity index (χ0n) is 15.3. The van der Waals surface area contributed by atoms with Gasteiger partial charge in [0.1, 0.15) is 0 Å². The SMILES string of the molecule is Cc1cccc(C(C)C)c1NC(=O)N1CCC(Nc2ccccc2)C1. The fourth-order valence-corrected chi connectivity index (χ4v) is 3.36. The number of hydrogen-bond donors (Lipinski definition) is 2. The zero-order valence-corrected chi connectivity index (χ0v) is 15.3. The number of carbonyl (C=O) groups excluding carboxylic acids is 1. The molecule has 2 N–H and O–H groups in total. The Morgan fingerprint density at radius 1 is 1.12 bits per heavy atom. The molecule has 0 aromatic heterocycles. The molecule has 1 saturated heterocycles. The fraction of sp³-hybridized carbons (Fsp3) is 0.381. The van der Waals surface area contributed by atoms with E-state index in [0.717, 1.165) is 36.4 Å². The second-order valence-electron chi connectivity index (χ2n) is 7.07. The minimum atomic E-state index is -0.00596. The van der Waals surface area contributed by atoms with Crippen LogP contribution in [0.2, 0.25) is 0 Å². The lowest BCUT2D eigenvalue weighted by Gasteiger charge is -2.21. The normalized spacial score (nSPS) is 17.0. The predicted octanol–water partition coefficient (Wildman–Crippen LogP) is 4.84. The van der Waals surface area contributed by atoms with E-state index >= 15 is 0 Å². The van der Waals surface area contributed by atoms with Crippen LogP contribution in [0.5, 0.6) is 0 Å². The molecule has 25 heavy (non-hydrogen) atoms. The Morgan fingerprint density at radius 3 is 2.60 bits per heavy atom. The maximum absolute atomic E-state index is 12.7. The first kappa shape index (κ1) is 17.3. The van der Waals surface area contributed by atoms with Crippen LogP contribution < -0.4 is 10.6 Å². The fourth-order valence-electron chi connectivity index (χ4n) is 3.36. The van der Waals surface area contributed by atoms with E-state index in [2.05, 4.69) is 48.7 Å². The molecule has 4 nitrogen and oxygen atoms in total. The first-order valence-corrected chi connectivity index (χ1v) is 9.01. The van der Waals surface area contributed by atoms with Crippen molar-refractivity contribution < 1.29 is 4.79 Å². The van der Waals surface area contributed by atoms with Gasteiger partial charge >= 0.3 is 6.03 Å². The Balaban J connectivity index is 1.63. The van der Waals surface area contributed by atoms with Gasteiger partial charge in [0.2, 0.25) is 0 Å². The molecule has 1 heterocycles. The number of likely N-dealkylation sites (tertiary alicyclic amines) is 1. The summed E-state index contributed by atoms with van der Waals surface area (Å²) >= 11 is 0. The lowest BCUT2D eigenvalue weighted by Crippen LogP contribution is -2.35. The Bertz CT molecular complexity index is 727. The van der Waals surface area contributed by atoms with Gasteiger partial charge in [-0.1, -0.05) is 50.2 Å². The molecule has 0 aliphatic carbocycles. The first-order chi connectivity index (χ1) is 12.0. The van der Waals surface area contributed by atoms with Crippen LogP contribution in [0.25, 0.3) is 0 Å². The topological polar surface area (TPSA) is 44.4 Å². The number of aryl methyl sites for hydroxylation is 1. The van der Waals surface area contributed by atoms with Crippen molar-refractivity contribution in [2.45, 2.75) is 39.2 Å². The van der Waals surface area contributed by atoms with E-state index in [9.17, 15) is 4.79 Å². The minimum absolute atomic E-state index is 0.00596. The van der Waals surface area contributed by atoms with Crippen LogP contribution in [0.4, 0.5) is 16.2 Å². The zero-order chi connectivity index (χ0) is 17.8. The molecule has 2 aromatic rings. The van der Waals surface area contributed by atoms with Gasteiger partial charge in [-0.3, -0.25) is 0 Å². The standard InChI is InChI=1S/C21H27N3O/c1-15(2)19-11-7-8-16(3)20(19)23-21(25)24-13-12-18(14-24)22-17-9-5-4-6-10-17/h4-11,15,18,22H,12-14H2,1-3H3,(H,23,25). The van der Waals surface area contributed by atoms with Crippen LogP contribution in [0.3, 0.4) is 0 Å². The van der Waals surface area contributed by atoms with E-state index in [1.807, 2.05) is 36.1 Å². The number of nitrogens with zero attached hydrogens (tertiary/aromatic N) is 1. The van der Waals surface area contributed by atoms with Gasteiger partial charge in [0, 0.05) is 30.5 Å². The predicted molar refractivity (Wildman–Crippen MR) is 104 cm³/mol. The van der Waals surface area contributed by atoms with E-state index in [4.69, 9.17) is 0 Å². The smallest absolute Gasteiger partial charge is 0.321 e. The molecule has 0 bridgehead atoms. The average molecular weight is 337 g/mol. The number of nitrogens with one attached hydrogen (secondary N) is 2. The van der Waals surface area contributed by atoms with E-state index in [1.165, 1.54) is 5.56 Å². The number of hydrogen-bond acceptors (Lipinski definition) is 2. The minimum Gasteiger partial charge on any atom is -0.380 e. The number of anilines is 2. The molecule has 0 saturated carbocycles. The average Bonchev–Trinajstić information content (AvgIpc) is 3.06. The molecule has 4 heteroatoms. The molecular formula is C21H27N3O. The maximum Gasteiger partial charge on any atom is 0.321 e. The summed E-state index contributed by atoms with van der Waals surface area (Å²) < 4.78 is 0. The lowest BCUT2D eigenvalue weighted by atomic mass is 9.98. The largest absolute Gasteiger partial charge is 0.380 e. The monoisotopic (exact) mass is 337 g/mol. The Morgan fingerprint density at radius 2 is 1.88 bits per heavy atom. The molecule has 3 rings (SSSR count). The molecular weight excluding hydrogens is 310 g/mol. The highest BCUT2D eigenvalue weighted by atomic mass is 16.2. The van der Waals surface area contributed by atoms with Gasteiger partial charge in [-0.05, 0) is 42.5 Å². The third-order valence-electron chi connectivity index (χ3n) is 4.78. The highest BCUT2D eigenvalue weighted by Crippen LogP contribution is 2.28. The van der Waals surface area contributed by atoms with Gasteiger partial charge in [-0.2, -0.15) is 0 Å². The summed E-state index contributed by atoms with van der Waals surface area (Å²) in [6.45, 7) is 7.86. The Kier molecular flexibility index (Phi) is 5.27. The third kappa shape index (κ3) is 4.13. The van der Waals surface area contributed by atoms with Crippen molar-refractivity contribution in [3.05, 3.63) is 59.7 Å². The van der Waals surface area contributed by atoms with Crippen LogP contribution in [-0.2, 0) is 0 Å². The highest BCUT2D eigenvalue weighted by Gasteiger charge is 2.27. The maximum atomic E-state index is 12.7.